The van der Waals surface area contributed by atoms with Crippen molar-refractivity contribution in [2.45, 2.75) is 20.4 Å². The molecule has 3 rings (SSSR count). The van der Waals surface area contributed by atoms with Gasteiger partial charge in [0.15, 0.2) is 5.69 Å². The highest BCUT2D eigenvalue weighted by molar-refractivity contribution is 14.1. The van der Waals surface area contributed by atoms with Crippen molar-refractivity contribution >= 4 is 50.1 Å². The van der Waals surface area contributed by atoms with E-state index >= 15 is 0 Å². The molecule has 0 aliphatic heterocycles. The second kappa shape index (κ2) is 7.28. The number of hydrogen-bond donors (Lipinski definition) is 1. The van der Waals surface area contributed by atoms with Gasteiger partial charge in [0, 0.05) is 18.9 Å². The van der Waals surface area contributed by atoms with Crippen LogP contribution in [0.2, 0.25) is 0 Å². The van der Waals surface area contributed by atoms with Crippen molar-refractivity contribution in [3.05, 3.63) is 61.2 Å². The molecular weight excluding hydrogens is 497 g/mol. The predicted molar refractivity (Wildman–Crippen MR) is 109 cm³/mol. The number of rotatable bonds is 4. The Labute approximate surface area is 167 Å². The van der Waals surface area contributed by atoms with Crippen molar-refractivity contribution in [3.63, 3.8) is 0 Å². The highest BCUT2D eigenvalue weighted by Crippen LogP contribution is 2.21. The molecule has 0 aliphatic carbocycles. The zero-order valence-electron chi connectivity index (χ0n) is 14.0. The number of aryl methyl sites for hydroxylation is 2. The van der Waals surface area contributed by atoms with Crippen LogP contribution in [0, 0.1) is 17.4 Å². The van der Waals surface area contributed by atoms with E-state index in [1.807, 2.05) is 49.0 Å². The van der Waals surface area contributed by atoms with E-state index in [0.717, 1.165) is 30.7 Å². The van der Waals surface area contributed by atoms with E-state index in [1.165, 1.54) is 0 Å². The standard InChI is InChI=1S/C17H17BrIN5O/c1-10-15(18)11(2)24(21-10)8-12-5-4-6-13(7-12)20-17(25)16-14(19)9-23(3)22-16/h4-7,9H,8H2,1-3H3,(H,20,25). The largest absolute Gasteiger partial charge is 0.321 e. The number of hydrogen-bond acceptors (Lipinski definition) is 3. The molecule has 130 valence electrons. The van der Waals surface area contributed by atoms with Gasteiger partial charge < -0.3 is 5.32 Å². The molecule has 1 amide bonds. The summed E-state index contributed by atoms with van der Waals surface area (Å²) in [6.07, 6.45) is 1.81. The lowest BCUT2D eigenvalue weighted by atomic mass is 10.2. The van der Waals surface area contributed by atoms with Crippen LogP contribution < -0.4 is 5.32 Å². The van der Waals surface area contributed by atoms with E-state index in [4.69, 9.17) is 0 Å². The van der Waals surface area contributed by atoms with E-state index in [0.29, 0.717) is 12.2 Å². The van der Waals surface area contributed by atoms with E-state index in [-0.39, 0.29) is 5.91 Å². The van der Waals surface area contributed by atoms with Gasteiger partial charge in [-0.2, -0.15) is 10.2 Å². The number of anilines is 1. The van der Waals surface area contributed by atoms with Gasteiger partial charge in [-0.25, -0.2) is 0 Å². The van der Waals surface area contributed by atoms with Crippen LogP contribution in [-0.2, 0) is 13.6 Å². The van der Waals surface area contributed by atoms with E-state index in [1.54, 1.807) is 11.7 Å². The van der Waals surface area contributed by atoms with Crippen LogP contribution >= 0.6 is 38.5 Å². The van der Waals surface area contributed by atoms with Crippen molar-refractivity contribution in [2.75, 3.05) is 5.32 Å². The average molecular weight is 514 g/mol. The van der Waals surface area contributed by atoms with Gasteiger partial charge >= 0.3 is 0 Å². The molecule has 8 heteroatoms. The Balaban J connectivity index is 1.78. The number of nitrogens with one attached hydrogen (secondary N) is 1. The second-order valence-electron chi connectivity index (χ2n) is 5.80. The number of aromatic nitrogens is 4. The maximum Gasteiger partial charge on any atom is 0.277 e. The number of nitrogens with zero attached hydrogens (tertiary/aromatic N) is 4. The molecule has 0 saturated heterocycles. The molecule has 2 aromatic heterocycles. The highest BCUT2D eigenvalue weighted by atomic mass is 127. The maximum atomic E-state index is 12.4. The molecule has 2 heterocycles. The fraction of sp³-hybridized carbons (Fsp3) is 0.235. The third-order valence-corrected chi connectivity index (χ3v) is 5.75. The van der Waals surface area contributed by atoms with Crippen molar-refractivity contribution < 1.29 is 4.79 Å². The van der Waals surface area contributed by atoms with Crippen LogP contribution in [0.5, 0.6) is 0 Å². The van der Waals surface area contributed by atoms with Crippen LogP contribution in [0.1, 0.15) is 27.4 Å². The van der Waals surface area contributed by atoms with Gasteiger partial charge in [-0.05, 0) is 70.1 Å². The monoisotopic (exact) mass is 513 g/mol. The quantitative estimate of drug-likeness (QED) is 0.538. The second-order valence-corrected chi connectivity index (χ2v) is 7.75. The molecule has 0 saturated carbocycles. The number of halogens is 2. The molecule has 0 aliphatic rings. The van der Waals surface area contributed by atoms with E-state index in [2.05, 4.69) is 54.0 Å². The molecule has 0 bridgehead atoms. The molecule has 0 atom stereocenters. The summed E-state index contributed by atoms with van der Waals surface area (Å²) in [5.74, 6) is -0.212. The third-order valence-electron chi connectivity index (χ3n) is 3.81. The highest BCUT2D eigenvalue weighted by Gasteiger charge is 2.15. The molecular formula is C17H17BrIN5O. The molecule has 3 aromatic rings. The fourth-order valence-corrected chi connectivity index (χ4v) is 3.59. The van der Waals surface area contributed by atoms with Crippen LogP contribution in [0.3, 0.4) is 0 Å². The number of benzene rings is 1. The summed E-state index contributed by atoms with van der Waals surface area (Å²) in [5, 5.41) is 11.6. The van der Waals surface area contributed by atoms with Crippen molar-refractivity contribution in [3.8, 4) is 0 Å². The molecule has 6 nitrogen and oxygen atoms in total. The van der Waals surface area contributed by atoms with Crippen LogP contribution in [0.15, 0.2) is 34.9 Å². The first-order valence-electron chi connectivity index (χ1n) is 7.64. The van der Waals surface area contributed by atoms with Crippen LogP contribution in [0.4, 0.5) is 5.69 Å². The molecule has 0 fully saturated rings. The lowest BCUT2D eigenvalue weighted by Gasteiger charge is -2.08. The minimum absolute atomic E-state index is 0.212. The number of carbonyl (C=O) groups excluding carboxylic acids is 1. The Kier molecular flexibility index (Phi) is 5.28. The lowest BCUT2D eigenvalue weighted by Crippen LogP contribution is -2.14. The first kappa shape index (κ1) is 18.1. The normalized spacial score (nSPS) is 10.9. The number of amides is 1. The van der Waals surface area contributed by atoms with Crippen LogP contribution in [0.25, 0.3) is 0 Å². The summed E-state index contributed by atoms with van der Waals surface area (Å²) in [4.78, 5) is 12.4. The lowest BCUT2D eigenvalue weighted by molar-refractivity contribution is 0.102. The Morgan fingerprint density at radius 1 is 1.32 bits per heavy atom. The first-order valence-corrected chi connectivity index (χ1v) is 9.51. The summed E-state index contributed by atoms with van der Waals surface area (Å²) in [6.45, 7) is 4.64. The Bertz CT molecular complexity index is 947. The zero-order valence-corrected chi connectivity index (χ0v) is 17.8. The van der Waals surface area contributed by atoms with Gasteiger partial charge in [-0.1, -0.05) is 12.1 Å². The predicted octanol–water partition coefficient (Wildman–Crippen LogP) is 3.90. The van der Waals surface area contributed by atoms with Crippen molar-refractivity contribution in [1.82, 2.24) is 19.6 Å². The van der Waals surface area contributed by atoms with E-state index in [9.17, 15) is 4.79 Å². The van der Waals surface area contributed by atoms with Crippen molar-refractivity contribution in [1.29, 1.82) is 0 Å². The molecule has 25 heavy (non-hydrogen) atoms. The number of carbonyl (C=O) groups is 1. The SMILES string of the molecule is Cc1nn(Cc2cccc(NC(=O)c3nn(C)cc3I)c2)c(C)c1Br. The zero-order chi connectivity index (χ0) is 18.1. The van der Waals surface area contributed by atoms with Crippen molar-refractivity contribution in [2.24, 2.45) is 7.05 Å². The Hall–Kier alpha value is -1.68. The maximum absolute atomic E-state index is 12.4. The summed E-state index contributed by atoms with van der Waals surface area (Å²) in [7, 11) is 1.80. The molecule has 0 radical (unpaired) electrons. The Morgan fingerprint density at radius 3 is 2.68 bits per heavy atom. The topological polar surface area (TPSA) is 64.7 Å². The minimum atomic E-state index is -0.212. The molecule has 1 aromatic carbocycles. The summed E-state index contributed by atoms with van der Waals surface area (Å²) in [5.41, 5.74) is 4.27. The minimum Gasteiger partial charge on any atom is -0.321 e. The molecule has 0 unspecified atom stereocenters. The average Bonchev–Trinajstić information content (AvgIpc) is 3.02. The van der Waals surface area contributed by atoms with Gasteiger partial charge in [0.05, 0.1) is 26.0 Å². The molecule has 0 spiro atoms. The Morgan fingerprint density at radius 2 is 2.08 bits per heavy atom. The van der Waals surface area contributed by atoms with Gasteiger partial charge in [0.25, 0.3) is 5.91 Å². The van der Waals surface area contributed by atoms with Gasteiger partial charge in [-0.3, -0.25) is 14.2 Å². The summed E-state index contributed by atoms with van der Waals surface area (Å²) >= 11 is 5.65. The third kappa shape index (κ3) is 3.95. The fourth-order valence-electron chi connectivity index (χ4n) is 2.55. The van der Waals surface area contributed by atoms with E-state index < -0.39 is 0 Å². The van der Waals surface area contributed by atoms with Gasteiger partial charge in [-0.15, -0.1) is 0 Å². The smallest absolute Gasteiger partial charge is 0.277 e. The first-order chi connectivity index (χ1) is 11.8. The van der Waals surface area contributed by atoms with Crippen LogP contribution in [-0.4, -0.2) is 25.5 Å². The molecule has 1 N–H and O–H groups in total. The van der Waals surface area contributed by atoms with Gasteiger partial charge in [0.1, 0.15) is 0 Å². The summed E-state index contributed by atoms with van der Waals surface area (Å²) < 4.78 is 5.43. The van der Waals surface area contributed by atoms with Gasteiger partial charge in [0.2, 0.25) is 0 Å². The summed E-state index contributed by atoms with van der Waals surface area (Å²) in [6, 6.07) is 7.77.